The summed E-state index contributed by atoms with van der Waals surface area (Å²) in [6.45, 7) is 4.00. The predicted octanol–water partition coefficient (Wildman–Crippen LogP) is 3.77. The number of benzene rings is 1. The molecule has 2 aromatic heterocycles. The molecule has 2 atom stereocenters. The maximum Gasteiger partial charge on any atom is 0.311 e. The summed E-state index contributed by atoms with van der Waals surface area (Å²) in [5.74, 6) is -0.428. The van der Waals surface area contributed by atoms with Crippen molar-refractivity contribution < 1.29 is 14.3 Å². The number of nitrogens with one attached hydrogen (secondary N) is 2. The summed E-state index contributed by atoms with van der Waals surface area (Å²) in [7, 11) is 0. The highest BCUT2D eigenvalue weighted by Crippen LogP contribution is 2.25. The number of carbonyl (C=O) groups excluding carboxylic acids is 2. The highest BCUT2D eigenvalue weighted by molar-refractivity contribution is 7.71. The van der Waals surface area contributed by atoms with Crippen LogP contribution in [-0.2, 0) is 20.7 Å². The van der Waals surface area contributed by atoms with Gasteiger partial charge in [-0.3, -0.25) is 19.3 Å². The SMILES string of the molecule is CCOC(=O)C(CNC(=O)C(C)n1c(-c2cccs2)n[nH]c1=S)Cc1ccccc1. The van der Waals surface area contributed by atoms with E-state index in [2.05, 4.69) is 15.5 Å². The number of amides is 1. The van der Waals surface area contributed by atoms with E-state index in [1.54, 1.807) is 18.4 Å². The lowest BCUT2D eigenvalue weighted by molar-refractivity contribution is -0.147. The van der Waals surface area contributed by atoms with Crippen LogP contribution in [0.5, 0.6) is 0 Å². The Morgan fingerprint density at radius 3 is 2.70 bits per heavy atom. The van der Waals surface area contributed by atoms with Crippen molar-refractivity contribution >= 4 is 35.4 Å². The molecule has 158 valence electrons. The van der Waals surface area contributed by atoms with Crippen LogP contribution in [0.15, 0.2) is 47.8 Å². The molecular formula is C21H24N4O3S2. The smallest absolute Gasteiger partial charge is 0.311 e. The number of esters is 1. The molecule has 0 saturated carbocycles. The van der Waals surface area contributed by atoms with E-state index < -0.39 is 12.0 Å². The van der Waals surface area contributed by atoms with Crippen molar-refractivity contribution in [3.05, 3.63) is 58.2 Å². The van der Waals surface area contributed by atoms with Gasteiger partial charge in [-0.25, -0.2) is 0 Å². The molecule has 0 aliphatic heterocycles. The predicted molar refractivity (Wildman–Crippen MR) is 119 cm³/mol. The summed E-state index contributed by atoms with van der Waals surface area (Å²) >= 11 is 6.86. The molecule has 1 aromatic carbocycles. The molecule has 2 unspecified atom stereocenters. The summed E-state index contributed by atoms with van der Waals surface area (Å²) < 4.78 is 7.26. The quantitative estimate of drug-likeness (QED) is 0.387. The highest BCUT2D eigenvalue weighted by Gasteiger charge is 2.25. The summed E-state index contributed by atoms with van der Waals surface area (Å²) in [4.78, 5) is 26.2. The molecule has 0 aliphatic carbocycles. The highest BCUT2D eigenvalue weighted by atomic mass is 32.1. The second kappa shape index (κ2) is 10.3. The second-order valence-electron chi connectivity index (χ2n) is 6.76. The standard InChI is InChI=1S/C21H24N4O3S2/c1-3-28-20(27)16(12-15-8-5-4-6-9-15)13-22-19(26)14(2)25-18(23-24-21(25)29)17-10-7-11-30-17/h4-11,14,16H,3,12-13H2,1-2H3,(H,22,26)(H,24,29). The average Bonchev–Trinajstić information content (AvgIpc) is 3.40. The molecule has 0 spiro atoms. The van der Waals surface area contributed by atoms with E-state index >= 15 is 0 Å². The van der Waals surface area contributed by atoms with Gasteiger partial charge in [0.2, 0.25) is 5.91 Å². The first kappa shape index (κ1) is 21.9. The van der Waals surface area contributed by atoms with Crippen molar-refractivity contribution in [1.82, 2.24) is 20.1 Å². The molecule has 0 aliphatic rings. The third-order valence-corrected chi connectivity index (χ3v) is 5.83. The van der Waals surface area contributed by atoms with Crippen LogP contribution >= 0.6 is 23.6 Å². The molecule has 30 heavy (non-hydrogen) atoms. The molecular weight excluding hydrogens is 420 g/mol. The maximum atomic E-state index is 12.9. The molecule has 3 aromatic rings. The summed E-state index contributed by atoms with van der Waals surface area (Å²) in [5, 5.41) is 11.9. The molecule has 0 bridgehead atoms. The molecule has 2 heterocycles. The third-order valence-electron chi connectivity index (χ3n) is 4.68. The van der Waals surface area contributed by atoms with Gasteiger partial charge in [-0.2, -0.15) is 5.10 Å². The molecule has 9 heteroatoms. The van der Waals surface area contributed by atoms with Crippen LogP contribution in [-0.4, -0.2) is 39.8 Å². The number of ether oxygens (including phenoxy) is 1. The number of hydrogen-bond donors (Lipinski definition) is 2. The largest absolute Gasteiger partial charge is 0.466 e. The Morgan fingerprint density at radius 2 is 2.03 bits per heavy atom. The Balaban J connectivity index is 1.71. The minimum Gasteiger partial charge on any atom is -0.466 e. The van der Waals surface area contributed by atoms with Crippen LogP contribution in [0, 0.1) is 10.7 Å². The number of hydrogen-bond acceptors (Lipinski definition) is 6. The van der Waals surface area contributed by atoms with Crippen molar-refractivity contribution in [2.24, 2.45) is 5.92 Å². The lowest BCUT2D eigenvalue weighted by Crippen LogP contribution is -2.38. The molecule has 3 rings (SSSR count). The van der Waals surface area contributed by atoms with Crippen LogP contribution in [0.2, 0.25) is 0 Å². The van der Waals surface area contributed by atoms with Gasteiger partial charge in [0.15, 0.2) is 10.6 Å². The van der Waals surface area contributed by atoms with Crippen LogP contribution < -0.4 is 5.32 Å². The van der Waals surface area contributed by atoms with E-state index in [0.717, 1.165) is 10.4 Å². The van der Waals surface area contributed by atoms with Crippen LogP contribution in [0.1, 0.15) is 25.5 Å². The molecule has 0 radical (unpaired) electrons. The van der Waals surface area contributed by atoms with Gasteiger partial charge in [0.1, 0.15) is 6.04 Å². The molecule has 0 saturated heterocycles. The van der Waals surface area contributed by atoms with Crippen molar-refractivity contribution in [3.63, 3.8) is 0 Å². The van der Waals surface area contributed by atoms with Crippen molar-refractivity contribution in [2.45, 2.75) is 26.3 Å². The summed E-state index contributed by atoms with van der Waals surface area (Å²) in [5.41, 5.74) is 1.01. The van der Waals surface area contributed by atoms with Gasteiger partial charge in [-0.15, -0.1) is 11.3 Å². The first-order valence-electron chi connectivity index (χ1n) is 9.70. The van der Waals surface area contributed by atoms with Gasteiger partial charge in [0.05, 0.1) is 17.4 Å². The molecule has 0 fully saturated rings. The van der Waals surface area contributed by atoms with Gasteiger partial charge >= 0.3 is 5.97 Å². The Hall–Kier alpha value is -2.78. The first-order chi connectivity index (χ1) is 14.5. The van der Waals surface area contributed by atoms with Gasteiger partial charge in [-0.1, -0.05) is 36.4 Å². The van der Waals surface area contributed by atoms with E-state index in [0.29, 0.717) is 23.6 Å². The lowest BCUT2D eigenvalue weighted by Gasteiger charge is -2.19. The number of rotatable bonds is 9. The lowest BCUT2D eigenvalue weighted by atomic mass is 9.99. The van der Waals surface area contributed by atoms with Gasteiger partial charge < -0.3 is 10.1 Å². The fraction of sp³-hybridized carbons (Fsp3) is 0.333. The fourth-order valence-electron chi connectivity index (χ4n) is 3.13. The zero-order valence-electron chi connectivity index (χ0n) is 16.8. The average molecular weight is 445 g/mol. The van der Waals surface area contributed by atoms with Gasteiger partial charge in [-0.05, 0) is 49.5 Å². The van der Waals surface area contributed by atoms with Crippen molar-refractivity contribution in [1.29, 1.82) is 0 Å². The number of H-pyrrole nitrogens is 1. The molecule has 1 amide bonds. The Kier molecular flexibility index (Phi) is 7.53. The van der Waals surface area contributed by atoms with E-state index in [1.165, 1.54) is 11.3 Å². The number of thiophene rings is 1. The molecule has 7 nitrogen and oxygen atoms in total. The number of aromatic nitrogens is 3. The van der Waals surface area contributed by atoms with Crippen LogP contribution in [0.3, 0.4) is 0 Å². The Bertz CT molecular complexity index is 1030. The van der Waals surface area contributed by atoms with Crippen molar-refractivity contribution in [3.8, 4) is 10.7 Å². The minimum atomic E-state index is -0.590. The third kappa shape index (κ3) is 5.22. The van der Waals surface area contributed by atoms with Crippen LogP contribution in [0.4, 0.5) is 0 Å². The van der Waals surface area contributed by atoms with Gasteiger partial charge in [0.25, 0.3) is 0 Å². The van der Waals surface area contributed by atoms with E-state index in [1.807, 2.05) is 47.8 Å². The summed E-state index contributed by atoms with van der Waals surface area (Å²) in [6.07, 6.45) is 0.486. The monoisotopic (exact) mass is 444 g/mol. The Labute approximate surface area is 184 Å². The maximum absolute atomic E-state index is 12.9. The number of aromatic amines is 1. The van der Waals surface area contributed by atoms with Crippen LogP contribution in [0.25, 0.3) is 10.7 Å². The number of carbonyl (C=O) groups is 2. The summed E-state index contributed by atoms with van der Waals surface area (Å²) in [6, 6.07) is 12.9. The zero-order chi connectivity index (χ0) is 21.5. The minimum absolute atomic E-state index is 0.177. The van der Waals surface area contributed by atoms with E-state index in [9.17, 15) is 9.59 Å². The van der Waals surface area contributed by atoms with Gasteiger partial charge in [0, 0.05) is 6.54 Å². The Morgan fingerprint density at radius 1 is 1.27 bits per heavy atom. The van der Waals surface area contributed by atoms with E-state index in [-0.39, 0.29) is 18.4 Å². The molecule has 2 N–H and O–H groups in total. The normalized spacial score (nSPS) is 12.9. The van der Waals surface area contributed by atoms with E-state index in [4.69, 9.17) is 17.0 Å². The van der Waals surface area contributed by atoms with Crippen molar-refractivity contribution in [2.75, 3.05) is 13.2 Å². The fourth-order valence-corrected chi connectivity index (χ4v) is 4.13. The zero-order valence-corrected chi connectivity index (χ0v) is 18.5. The number of nitrogens with zero attached hydrogens (tertiary/aromatic N) is 2. The topological polar surface area (TPSA) is 89.0 Å². The second-order valence-corrected chi connectivity index (χ2v) is 8.09. The first-order valence-corrected chi connectivity index (χ1v) is 11.0.